The third kappa shape index (κ3) is 3.43. The monoisotopic (exact) mass is 429 g/mol. The van der Waals surface area contributed by atoms with Crippen LogP contribution in [0.15, 0.2) is 18.5 Å². The number of rotatable bonds is 4. The second-order valence-corrected chi connectivity index (χ2v) is 9.72. The molecule has 0 aliphatic carbocycles. The Hall–Kier alpha value is -2.74. The number of ether oxygens (including phenoxy) is 3. The van der Waals surface area contributed by atoms with Gasteiger partial charge in [0.05, 0.1) is 11.6 Å². The molecule has 0 radical (unpaired) electrons. The second kappa shape index (κ2) is 6.88. The molecule has 31 heavy (non-hydrogen) atoms. The van der Waals surface area contributed by atoms with E-state index in [1.54, 1.807) is 30.5 Å². The van der Waals surface area contributed by atoms with E-state index in [2.05, 4.69) is 16.2 Å². The van der Waals surface area contributed by atoms with E-state index in [1.165, 1.54) is 6.33 Å². The largest absolute Gasteiger partial charge is 0.481 e. The minimum Gasteiger partial charge on any atom is -0.481 e. The molecular weight excluding hydrogens is 402 g/mol. The molecule has 0 spiro atoms. The fourth-order valence-corrected chi connectivity index (χ4v) is 4.52. The van der Waals surface area contributed by atoms with Gasteiger partial charge in [0.25, 0.3) is 0 Å². The van der Waals surface area contributed by atoms with Gasteiger partial charge in [0.15, 0.2) is 17.2 Å². The predicted molar refractivity (Wildman–Crippen MR) is 109 cm³/mol. The van der Waals surface area contributed by atoms with E-state index >= 15 is 0 Å². The molecular formula is C21H27N5O5. The first-order valence-corrected chi connectivity index (χ1v) is 10.1. The van der Waals surface area contributed by atoms with Crippen molar-refractivity contribution >= 4 is 17.3 Å². The van der Waals surface area contributed by atoms with Crippen molar-refractivity contribution in [3.63, 3.8) is 0 Å². The molecule has 10 heteroatoms. The number of carboxylic acid groups (broad SMARTS) is 1. The molecule has 2 aromatic rings. The van der Waals surface area contributed by atoms with Crippen molar-refractivity contribution in [2.24, 2.45) is 11.3 Å². The summed E-state index contributed by atoms with van der Waals surface area (Å²) in [5.41, 5.74) is 5.08. The molecule has 0 saturated carbocycles. The van der Waals surface area contributed by atoms with Crippen molar-refractivity contribution in [2.75, 3.05) is 5.73 Å². The Morgan fingerprint density at radius 3 is 2.68 bits per heavy atom. The smallest absolute Gasteiger partial charge is 0.307 e. The second-order valence-electron chi connectivity index (χ2n) is 9.72. The van der Waals surface area contributed by atoms with Crippen molar-refractivity contribution in [2.45, 2.75) is 70.7 Å². The molecule has 1 unspecified atom stereocenters. The zero-order chi connectivity index (χ0) is 22.8. The van der Waals surface area contributed by atoms with Gasteiger partial charge in [-0.25, -0.2) is 9.50 Å². The lowest BCUT2D eigenvalue weighted by Crippen LogP contribution is -2.46. The average molecular weight is 429 g/mol. The van der Waals surface area contributed by atoms with Gasteiger partial charge in [0, 0.05) is 6.42 Å². The highest BCUT2D eigenvalue weighted by atomic mass is 16.8. The van der Waals surface area contributed by atoms with E-state index in [-0.39, 0.29) is 6.42 Å². The third-order valence-corrected chi connectivity index (χ3v) is 6.07. The van der Waals surface area contributed by atoms with Crippen LogP contribution in [0.5, 0.6) is 0 Å². The van der Waals surface area contributed by atoms with E-state index in [9.17, 15) is 15.2 Å². The standard InChI is InChI=1S/C21H27N5O5/c1-19(2,3)11(18(27)28)8-21(9-22)16-15(29-20(4,5)31-16)14(30-21)12-6-7-13-17(23)24-10-25-26(12)13/h6-7,10-11,14-16H,8H2,1-5H3,(H,27,28)(H2,23,24,25)/t11?,14-,15-,16-,21+/m0/s1. The molecule has 2 fully saturated rings. The van der Waals surface area contributed by atoms with Crippen molar-refractivity contribution in [3.8, 4) is 6.07 Å². The summed E-state index contributed by atoms with van der Waals surface area (Å²) >= 11 is 0. The topological polar surface area (TPSA) is 145 Å². The lowest BCUT2D eigenvalue weighted by Gasteiger charge is -2.35. The fraction of sp³-hybridized carbons (Fsp3) is 0.619. The van der Waals surface area contributed by atoms with Crippen molar-refractivity contribution in [3.05, 3.63) is 24.2 Å². The highest BCUT2D eigenvalue weighted by molar-refractivity contribution is 5.71. The zero-order valence-electron chi connectivity index (χ0n) is 18.2. The van der Waals surface area contributed by atoms with Gasteiger partial charge in [-0.2, -0.15) is 10.4 Å². The summed E-state index contributed by atoms with van der Waals surface area (Å²) in [5.74, 6) is -2.47. The first-order chi connectivity index (χ1) is 14.4. The molecule has 0 bridgehead atoms. The van der Waals surface area contributed by atoms with Gasteiger partial charge in [0.2, 0.25) is 0 Å². The maximum Gasteiger partial charge on any atom is 0.307 e. The van der Waals surface area contributed by atoms with Gasteiger partial charge in [-0.3, -0.25) is 4.79 Å². The van der Waals surface area contributed by atoms with Gasteiger partial charge in [-0.15, -0.1) is 0 Å². The van der Waals surface area contributed by atoms with Crippen molar-refractivity contribution in [1.82, 2.24) is 14.6 Å². The summed E-state index contributed by atoms with van der Waals surface area (Å²) in [6.45, 7) is 9.02. The summed E-state index contributed by atoms with van der Waals surface area (Å²) in [5, 5.41) is 24.4. The summed E-state index contributed by atoms with van der Waals surface area (Å²) < 4.78 is 20.2. The van der Waals surface area contributed by atoms with Crippen LogP contribution < -0.4 is 5.73 Å². The number of fused-ring (bicyclic) bond motifs is 2. The Kier molecular flexibility index (Phi) is 4.77. The number of carbonyl (C=O) groups is 1. The highest BCUT2D eigenvalue weighted by Crippen LogP contribution is 2.53. The molecule has 3 N–H and O–H groups in total. The van der Waals surface area contributed by atoms with E-state index in [0.29, 0.717) is 17.0 Å². The number of aliphatic carboxylic acids is 1. The predicted octanol–water partition coefficient (Wildman–Crippen LogP) is 2.30. The van der Waals surface area contributed by atoms with Crippen LogP contribution in [0.25, 0.3) is 5.52 Å². The maximum atomic E-state index is 12.1. The average Bonchev–Trinajstić information content (AvgIpc) is 3.30. The number of nitrogens with zero attached hydrogens (tertiary/aromatic N) is 4. The van der Waals surface area contributed by atoms with Crippen LogP contribution in [0.2, 0.25) is 0 Å². The van der Waals surface area contributed by atoms with E-state index in [4.69, 9.17) is 19.9 Å². The summed E-state index contributed by atoms with van der Waals surface area (Å²) in [6, 6.07) is 5.80. The number of hydrogen-bond acceptors (Lipinski definition) is 8. The Bertz CT molecular complexity index is 1070. The van der Waals surface area contributed by atoms with Crippen LogP contribution in [0, 0.1) is 22.7 Å². The molecule has 2 aliphatic rings. The van der Waals surface area contributed by atoms with Crippen LogP contribution in [0.4, 0.5) is 5.82 Å². The van der Waals surface area contributed by atoms with Crippen LogP contribution in [0.3, 0.4) is 0 Å². The van der Waals surface area contributed by atoms with Gasteiger partial charge >= 0.3 is 5.97 Å². The first kappa shape index (κ1) is 21.5. The van der Waals surface area contributed by atoms with Gasteiger partial charge in [-0.05, 0) is 31.4 Å². The minimum absolute atomic E-state index is 0.0418. The number of nitriles is 1. The van der Waals surface area contributed by atoms with Crippen LogP contribution >= 0.6 is 0 Å². The summed E-state index contributed by atoms with van der Waals surface area (Å²) in [4.78, 5) is 16.1. The number of aromatic nitrogens is 3. The van der Waals surface area contributed by atoms with E-state index in [0.717, 1.165) is 0 Å². The lowest BCUT2D eigenvalue weighted by atomic mass is 9.73. The van der Waals surface area contributed by atoms with E-state index in [1.807, 2.05) is 20.8 Å². The third-order valence-electron chi connectivity index (χ3n) is 6.07. The SMILES string of the molecule is CC1(C)O[C@H]2[C@H](c3ccc4c(N)ncnn34)O[C@@](C#N)(CC(C(=O)O)C(C)(C)C)[C@H]2O1. The fourth-order valence-electron chi connectivity index (χ4n) is 4.52. The molecule has 0 aromatic carbocycles. The normalized spacial score (nSPS) is 30.8. The quantitative estimate of drug-likeness (QED) is 0.747. The van der Waals surface area contributed by atoms with Crippen LogP contribution in [0.1, 0.15) is 52.8 Å². The molecule has 4 heterocycles. The number of nitrogen functional groups attached to an aromatic ring is 1. The van der Waals surface area contributed by atoms with E-state index < -0.39 is 47.0 Å². The van der Waals surface area contributed by atoms with Crippen molar-refractivity contribution in [1.29, 1.82) is 5.26 Å². The van der Waals surface area contributed by atoms with Gasteiger partial charge in [-0.1, -0.05) is 20.8 Å². The highest BCUT2D eigenvalue weighted by Gasteiger charge is 2.65. The minimum atomic E-state index is -1.51. The summed E-state index contributed by atoms with van der Waals surface area (Å²) in [7, 11) is 0. The Morgan fingerprint density at radius 1 is 1.35 bits per heavy atom. The van der Waals surface area contributed by atoms with Gasteiger partial charge < -0.3 is 25.1 Å². The van der Waals surface area contributed by atoms with Crippen LogP contribution in [-0.2, 0) is 19.0 Å². The molecule has 166 valence electrons. The molecule has 10 nitrogen and oxygen atoms in total. The Labute approximate surface area is 179 Å². The molecule has 2 saturated heterocycles. The van der Waals surface area contributed by atoms with Gasteiger partial charge in [0.1, 0.15) is 36.2 Å². The van der Waals surface area contributed by atoms with Crippen LogP contribution in [-0.4, -0.2) is 49.3 Å². The lowest BCUT2D eigenvalue weighted by molar-refractivity contribution is -0.204. The van der Waals surface area contributed by atoms with Crippen molar-refractivity contribution < 1.29 is 24.1 Å². The molecule has 2 aromatic heterocycles. The number of anilines is 1. The molecule has 0 amide bonds. The summed E-state index contributed by atoms with van der Waals surface area (Å²) in [6.07, 6.45) is -0.812. The Balaban J connectivity index is 1.80. The Morgan fingerprint density at radius 2 is 2.06 bits per heavy atom. The zero-order valence-corrected chi connectivity index (χ0v) is 18.2. The molecule has 4 rings (SSSR count). The number of hydrogen-bond donors (Lipinski definition) is 2. The molecule has 2 aliphatic heterocycles. The number of carboxylic acids is 1. The number of nitrogens with two attached hydrogens (primary N) is 1. The molecule has 5 atom stereocenters. The first-order valence-electron chi connectivity index (χ1n) is 10.1. The maximum absolute atomic E-state index is 12.1.